The molecule has 21 heavy (non-hydrogen) atoms. The van der Waals surface area contributed by atoms with Crippen molar-refractivity contribution in [1.29, 1.82) is 0 Å². The molecule has 0 aliphatic rings. The van der Waals surface area contributed by atoms with E-state index in [-0.39, 0.29) is 10.7 Å². The third-order valence-corrected chi connectivity index (χ3v) is 3.26. The van der Waals surface area contributed by atoms with Crippen LogP contribution in [0.15, 0.2) is 54.9 Å². The van der Waals surface area contributed by atoms with Crippen LogP contribution in [0.25, 0.3) is 16.9 Å². The fraction of sp³-hybridized carbons (Fsp3) is 0. The Labute approximate surface area is 125 Å². The van der Waals surface area contributed by atoms with E-state index < -0.39 is 5.97 Å². The van der Waals surface area contributed by atoms with E-state index in [4.69, 9.17) is 16.7 Å². The number of aromatic nitrogens is 3. The number of hydrogen-bond donors (Lipinski definition) is 1. The van der Waals surface area contributed by atoms with Crippen molar-refractivity contribution >= 4 is 17.6 Å². The Hall–Kier alpha value is -2.66. The van der Waals surface area contributed by atoms with E-state index in [1.165, 1.54) is 10.7 Å². The lowest BCUT2D eigenvalue weighted by Gasteiger charge is -2.03. The summed E-state index contributed by atoms with van der Waals surface area (Å²) in [5.74, 6) is -0.767. The van der Waals surface area contributed by atoms with Crippen LogP contribution in [0.2, 0.25) is 5.02 Å². The summed E-state index contributed by atoms with van der Waals surface area (Å²) in [6, 6.07) is 12.9. The number of pyridine rings is 1. The van der Waals surface area contributed by atoms with E-state index in [2.05, 4.69) is 10.1 Å². The molecule has 0 amide bonds. The summed E-state index contributed by atoms with van der Waals surface area (Å²) in [5.41, 5.74) is 1.76. The zero-order valence-corrected chi connectivity index (χ0v) is 11.5. The normalized spacial score (nSPS) is 10.5. The van der Waals surface area contributed by atoms with Crippen LogP contribution in [0.3, 0.4) is 0 Å². The molecule has 1 N–H and O–H groups in total. The van der Waals surface area contributed by atoms with Gasteiger partial charge in [0.15, 0.2) is 11.5 Å². The SMILES string of the molecule is O=C(O)c1nc(-n2cc(-c3ccccc3)cn2)ccc1Cl. The predicted molar refractivity (Wildman–Crippen MR) is 78.8 cm³/mol. The minimum atomic E-state index is -1.17. The molecule has 0 aliphatic carbocycles. The van der Waals surface area contributed by atoms with Gasteiger partial charge < -0.3 is 5.11 Å². The molecule has 1 aromatic carbocycles. The molecule has 0 saturated carbocycles. The number of carboxylic acids is 1. The summed E-state index contributed by atoms with van der Waals surface area (Å²) in [6.07, 6.45) is 3.49. The molecule has 0 saturated heterocycles. The molecular weight excluding hydrogens is 290 g/mol. The second kappa shape index (κ2) is 5.38. The molecule has 3 aromatic rings. The minimum Gasteiger partial charge on any atom is -0.476 e. The zero-order chi connectivity index (χ0) is 14.8. The van der Waals surface area contributed by atoms with Crippen LogP contribution in [0.1, 0.15) is 10.5 Å². The van der Waals surface area contributed by atoms with Gasteiger partial charge in [0.25, 0.3) is 0 Å². The van der Waals surface area contributed by atoms with Gasteiger partial charge in [0.1, 0.15) is 0 Å². The topological polar surface area (TPSA) is 68.0 Å². The van der Waals surface area contributed by atoms with Gasteiger partial charge in [-0.25, -0.2) is 14.5 Å². The van der Waals surface area contributed by atoms with Crippen LogP contribution >= 0.6 is 11.6 Å². The Morgan fingerprint density at radius 2 is 1.86 bits per heavy atom. The van der Waals surface area contributed by atoms with Gasteiger partial charge in [-0.15, -0.1) is 0 Å². The van der Waals surface area contributed by atoms with Crippen molar-refractivity contribution in [1.82, 2.24) is 14.8 Å². The maximum absolute atomic E-state index is 11.1. The molecule has 0 spiro atoms. The van der Waals surface area contributed by atoms with Gasteiger partial charge in [0.05, 0.1) is 11.2 Å². The molecule has 0 unspecified atom stereocenters. The first-order valence-corrected chi connectivity index (χ1v) is 6.53. The fourth-order valence-electron chi connectivity index (χ4n) is 1.94. The molecule has 0 radical (unpaired) electrons. The third kappa shape index (κ3) is 2.64. The second-order valence-corrected chi connectivity index (χ2v) is 4.75. The number of halogens is 1. The monoisotopic (exact) mass is 299 g/mol. The zero-order valence-electron chi connectivity index (χ0n) is 10.8. The largest absolute Gasteiger partial charge is 0.476 e. The third-order valence-electron chi connectivity index (χ3n) is 2.96. The van der Waals surface area contributed by atoms with Crippen molar-refractivity contribution in [3.05, 3.63) is 65.6 Å². The lowest BCUT2D eigenvalue weighted by Crippen LogP contribution is -2.06. The second-order valence-electron chi connectivity index (χ2n) is 4.34. The lowest BCUT2D eigenvalue weighted by atomic mass is 10.1. The molecule has 0 fully saturated rings. The van der Waals surface area contributed by atoms with Gasteiger partial charge in [-0.1, -0.05) is 41.9 Å². The number of benzene rings is 1. The van der Waals surface area contributed by atoms with Crippen molar-refractivity contribution in [3.63, 3.8) is 0 Å². The molecule has 3 rings (SSSR count). The number of carboxylic acid groups (broad SMARTS) is 1. The van der Waals surface area contributed by atoms with Crippen molar-refractivity contribution < 1.29 is 9.90 Å². The van der Waals surface area contributed by atoms with Gasteiger partial charge in [0.2, 0.25) is 0 Å². The standard InChI is InChI=1S/C15H10ClN3O2/c16-12-6-7-13(18-14(12)15(20)21)19-9-11(8-17-19)10-4-2-1-3-5-10/h1-9H,(H,20,21). The number of aromatic carboxylic acids is 1. The van der Waals surface area contributed by atoms with Crippen LogP contribution in [0.4, 0.5) is 0 Å². The first-order valence-electron chi connectivity index (χ1n) is 6.15. The van der Waals surface area contributed by atoms with Gasteiger partial charge in [0, 0.05) is 11.8 Å². The Balaban J connectivity index is 2.01. The highest BCUT2D eigenvalue weighted by molar-refractivity contribution is 6.33. The van der Waals surface area contributed by atoms with Gasteiger partial charge in [-0.3, -0.25) is 0 Å². The van der Waals surface area contributed by atoms with Gasteiger partial charge >= 0.3 is 5.97 Å². The average Bonchev–Trinajstić information content (AvgIpc) is 2.98. The van der Waals surface area contributed by atoms with Gasteiger partial charge in [-0.2, -0.15) is 5.10 Å². The molecular formula is C15H10ClN3O2. The Bertz CT molecular complexity index is 800. The molecule has 6 heteroatoms. The predicted octanol–water partition coefficient (Wildman–Crippen LogP) is 3.29. The Morgan fingerprint density at radius 3 is 2.57 bits per heavy atom. The molecule has 0 aliphatic heterocycles. The van der Waals surface area contributed by atoms with Crippen molar-refractivity contribution in [2.45, 2.75) is 0 Å². The van der Waals surface area contributed by atoms with E-state index in [1.54, 1.807) is 18.5 Å². The van der Waals surface area contributed by atoms with Crippen LogP contribution in [-0.4, -0.2) is 25.8 Å². The summed E-state index contributed by atoms with van der Waals surface area (Å²) in [4.78, 5) is 15.1. The van der Waals surface area contributed by atoms with Crippen molar-refractivity contribution in [2.24, 2.45) is 0 Å². The van der Waals surface area contributed by atoms with Crippen molar-refractivity contribution in [2.75, 3.05) is 0 Å². The van der Waals surface area contributed by atoms with Crippen LogP contribution < -0.4 is 0 Å². The number of hydrogen-bond acceptors (Lipinski definition) is 3. The lowest BCUT2D eigenvalue weighted by molar-refractivity contribution is 0.0690. The summed E-state index contributed by atoms with van der Waals surface area (Å²) < 4.78 is 1.52. The molecule has 0 bridgehead atoms. The quantitative estimate of drug-likeness (QED) is 0.806. The van der Waals surface area contributed by atoms with Crippen LogP contribution in [0.5, 0.6) is 0 Å². The Morgan fingerprint density at radius 1 is 1.10 bits per heavy atom. The first kappa shape index (κ1) is 13.3. The number of nitrogens with zero attached hydrogens (tertiary/aromatic N) is 3. The number of rotatable bonds is 3. The fourth-order valence-corrected chi connectivity index (χ4v) is 2.12. The minimum absolute atomic E-state index is 0.0988. The first-order chi connectivity index (χ1) is 10.1. The highest BCUT2D eigenvalue weighted by atomic mass is 35.5. The molecule has 2 aromatic heterocycles. The molecule has 104 valence electrons. The van der Waals surface area contributed by atoms with E-state index in [0.29, 0.717) is 5.82 Å². The summed E-state index contributed by atoms with van der Waals surface area (Å²) in [6.45, 7) is 0. The summed E-state index contributed by atoms with van der Waals surface area (Å²) in [5, 5.41) is 13.4. The highest BCUT2D eigenvalue weighted by Gasteiger charge is 2.13. The highest BCUT2D eigenvalue weighted by Crippen LogP contribution is 2.20. The van der Waals surface area contributed by atoms with Crippen LogP contribution in [-0.2, 0) is 0 Å². The Kier molecular flexibility index (Phi) is 3.41. The number of carbonyl (C=O) groups is 1. The van der Waals surface area contributed by atoms with E-state index in [9.17, 15) is 4.79 Å². The molecule has 2 heterocycles. The van der Waals surface area contributed by atoms with E-state index in [1.807, 2.05) is 30.3 Å². The van der Waals surface area contributed by atoms with Crippen molar-refractivity contribution in [3.8, 4) is 16.9 Å². The van der Waals surface area contributed by atoms with E-state index >= 15 is 0 Å². The average molecular weight is 300 g/mol. The van der Waals surface area contributed by atoms with Crippen LogP contribution in [0, 0.1) is 0 Å². The molecule has 0 atom stereocenters. The van der Waals surface area contributed by atoms with Gasteiger partial charge in [-0.05, 0) is 17.7 Å². The summed E-state index contributed by atoms with van der Waals surface area (Å²) in [7, 11) is 0. The summed E-state index contributed by atoms with van der Waals surface area (Å²) >= 11 is 5.81. The molecule has 5 nitrogen and oxygen atoms in total. The maximum atomic E-state index is 11.1. The van der Waals surface area contributed by atoms with E-state index in [0.717, 1.165) is 11.1 Å². The smallest absolute Gasteiger partial charge is 0.356 e. The maximum Gasteiger partial charge on any atom is 0.356 e.